The number of para-hydroxylation sites is 2. The summed E-state index contributed by atoms with van der Waals surface area (Å²) in [5.41, 5.74) is 2.65. The number of likely N-dealkylation sites (N-methyl/N-ethyl adjacent to an activating group) is 1. The molecule has 2 amide bonds. The van der Waals surface area contributed by atoms with Crippen LogP contribution in [0.1, 0.15) is 44.1 Å². The number of aromatic nitrogens is 2. The highest BCUT2D eigenvalue weighted by molar-refractivity contribution is 5.92. The predicted octanol–water partition coefficient (Wildman–Crippen LogP) is 4.19. The van der Waals surface area contributed by atoms with Gasteiger partial charge in [-0.2, -0.15) is 0 Å². The van der Waals surface area contributed by atoms with Crippen LogP contribution in [0, 0.1) is 0 Å². The van der Waals surface area contributed by atoms with Gasteiger partial charge >= 0.3 is 0 Å². The largest absolute Gasteiger partial charge is 0.344 e. The summed E-state index contributed by atoms with van der Waals surface area (Å²) in [6.45, 7) is 4.91. The molecule has 0 fully saturated rings. The fourth-order valence-electron chi connectivity index (χ4n) is 3.43. The first-order chi connectivity index (χ1) is 15.0. The number of nitrogens with one attached hydrogen (secondary N) is 1. The Morgan fingerprint density at radius 3 is 2.58 bits per heavy atom. The van der Waals surface area contributed by atoms with E-state index in [1.807, 2.05) is 73.1 Å². The number of rotatable bonds is 9. The van der Waals surface area contributed by atoms with E-state index in [1.165, 1.54) is 6.08 Å². The highest BCUT2D eigenvalue weighted by Crippen LogP contribution is 2.21. The molecule has 1 heterocycles. The first-order valence-electron chi connectivity index (χ1n) is 10.7. The van der Waals surface area contributed by atoms with Gasteiger partial charge in [0.05, 0.1) is 17.1 Å². The van der Waals surface area contributed by atoms with Crippen LogP contribution in [0.25, 0.3) is 17.1 Å². The molecule has 3 rings (SSSR count). The van der Waals surface area contributed by atoms with Gasteiger partial charge in [0.15, 0.2) is 0 Å². The number of unbranched alkanes of at least 4 members (excludes halogenated alkanes) is 1. The Labute approximate surface area is 183 Å². The van der Waals surface area contributed by atoms with E-state index in [2.05, 4.69) is 12.2 Å². The molecule has 1 N–H and O–H groups in total. The van der Waals surface area contributed by atoms with Crippen LogP contribution in [0.3, 0.4) is 0 Å². The van der Waals surface area contributed by atoms with E-state index >= 15 is 0 Å². The van der Waals surface area contributed by atoms with Gasteiger partial charge in [-0.25, -0.2) is 4.98 Å². The van der Waals surface area contributed by atoms with E-state index in [4.69, 9.17) is 4.98 Å². The Hall–Kier alpha value is -3.41. The van der Waals surface area contributed by atoms with Gasteiger partial charge in [0.25, 0.3) is 0 Å². The molecule has 1 atom stereocenters. The lowest BCUT2D eigenvalue weighted by molar-refractivity contribution is -0.130. The standard InChI is InChI=1S/C25H30N4O2/c1-4-5-17-28(3)24(31)18-29-22-14-10-9-13-21(22)27-25(29)19(2)26-23(30)16-15-20-11-7-6-8-12-20/h6-16,19H,4-5,17-18H2,1-3H3,(H,26,30)/b16-15-. The molecule has 0 saturated carbocycles. The second-order valence-electron chi connectivity index (χ2n) is 7.69. The van der Waals surface area contributed by atoms with Crippen LogP contribution in [0.4, 0.5) is 0 Å². The minimum atomic E-state index is -0.353. The number of hydrogen-bond donors (Lipinski definition) is 1. The maximum absolute atomic E-state index is 12.8. The van der Waals surface area contributed by atoms with E-state index in [9.17, 15) is 9.59 Å². The van der Waals surface area contributed by atoms with Gasteiger partial charge in [-0.15, -0.1) is 0 Å². The molecule has 3 aromatic rings. The van der Waals surface area contributed by atoms with Crippen LogP contribution in [0.5, 0.6) is 0 Å². The fourth-order valence-corrected chi connectivity index (χ4v) is 3.43. The SMILES string of the molecule is CCCCN(C)C(=O)Cn1c(C(C)NC(=O)/C=C\c2ccccc2)nc2ccccc21. The number of benzene rings is 2. The smallest absolute Gasteiger partial charge is 0.244 e. The summed E-state index contributed by atoms with van der Waals surface area (Å²) in [4.78, 5) is 31.7. The van der Waals surface area contributed by atoms with Gasteiger partial charge in [-0.1, -0.05) is 55.8 Å². The Bertz CT molecular complexity index is 1060. The van der Waals surface area contributed by atoms with Gasteiger partial charge in [0.1, 0.15) is 12.4 Å². The molecule has 0 bridgehead atoms. The summed E-state index contributed by atoms with van der Waals surface area (Å²) in [5, 5.41) is 2.97. The number of carbonyl (C=O) groups excluding carboxylic acids is 2. The Morgan fingerprint density at radius 2 is 1.84 bits per heavy atom. The first kappa shape index (κ1) is 22.3. The third-order valence-electron chi connectivity index (χ3n) is 5.22. The predicted molar refractivity (Wildman–Crippen MR) is 124 cm³/mol. The molecule has 0 aliphatic heterocycles. The van der Waals surface area contributed by atoms with Gasteiger partial charge < -0.3 is 14.8 Å². The van der Waals surface area contributed by atoms with Crippen molar-refractivity contribution in [2.24, 2.45) is 0 Å². The molecule has 2 aromatic carbocycles. The topological polar surface area (TPSA) is 67.2 Å². The van der Waals surface area contributed by atoms with E-state index in [0.717, 1.165) is 36.0 Å². The summed E-state index contributed by atoms with van der Waals surface area (Å²) < 4.78 is 1.91. The van der Waals surface area contributed by atoms with Crippen molar-refractivity contribution < 1.29 is 9.59 Å². The second kappa shape index (κ2) is 10.6. The van der Waals surface area contributed by atoms with Crippen LogP contribution >= 0.6 is 0 Å². The quantitative estimate of drug-likeness (QED) is 0.530. The van der Waals surface area contributed by atoms with Crippen LogP contribution in [-0.4, -0.2) is 39.9 Å². The second-order valence-corrected chi connectivity index (χ2v) is 7.69. The van der Waals surface area contributed by atoms with Crippen molar-refractivity contribution in [3.05, 3.63) is 72.1 Å². The molecule has 0 radical (unpaired) electrons. The summed E-state index contributed by atoms with van der Waals surface area (Å²) in [5.74, 6) is 0.488. The van der Waals surface area contributed by atoms with Crippen molar-refractivity contribution >= 4 is 28.9 Å². The normalized spacial score (nSPS) is 12.2. The fraction of sp³-hybridized carbons (Fsp3) is 0.320. The summed E-state index contributed by atoms with van der Waals surface area (Å²) in [7, 11) is 1.83. The minimum Gasteiger partial charge on any atom is -0.344 e. The molecule has 0 spiro atoms. The van der Waals surface area contributed by atoms with E-state index in [1.54, 1.807) is 11.0 Å². The minimum absolute atomic E-state index is 0.0281. The number of amides is 2. The molecular formula is C25H30N4O2. The molecule has 31 heavy (non-hydrogen) atoms. The summed E-state index contributed by atoms with van der Waals surface area (Å²) in [6, 6.07) is 17.0. The highest BCUT2D eigenvalue weighted by atomic mass is 16.2. The molecule has 1 aromatic heterocycles. The number of imidazole rings is 1. The molecule has 6 heteroatoms. The van der Waals surface area contributed by atoms with E-state index in [-0.39, 0.29) is 24.4 Å². The zero-order valence-corrected chi connectivity index (χ0v) is 18.4. The number of fused-ring (bicyclic) bond motifs is 1. The number of hydrogen-bond acceptors (Lipinski definition) is 3. The van der Waals surface area contributed by atoms with E-state index in [0.29, 0.717) is 5.82 Å². The summed E-state index contributed by atoms with van der Waals surface area (Å²) >= 11 is 0. The zero-order valence-electron chi connectivity index (χ0n) is 18.4. The number of nitrogens with zero attached hydrogens (tertiary/aromatic N) is 3. The van der Waals surface area contributed by atoms with E-state index < -0.39 is 0 Å². The van der Waals surface area contributed by atoms with Crippen molar-refractivity contribution in [3.63, 3.8) is 0 Å². The summed E-state index contributed by atoms with van der Waals surface area (Å²) in [6.07, 6.45) is 5.30. The van der Waals surface area contributed by atoms with Crippen LogP contribution < -0.4 is 5.32 Å². The first-order valence-corrected chi connectivity index (χ1v) is 10.7. The molecule has 0 aliphatic rings. The molecule has 0 aliphatic carbocycles. The van der Waals surface area contributed by atoms with Crippen molar-refractivity contribution in [3.8, 4) is 0 Å². The van der Waals surface area contributed by atoms with Gasteiger partial charge in [-0.05, 0) is 37.1 Å². The molecule has 1 unspecified atom stereocenters. The van der Waals surface area contributed by atoms with Crippen LogP contribution in [-0.2, 0) is 16.1 Å². The Balaban J connectivity index is 1.78. The van der Waals surface area contributed by atoms with Gasteiger partial charge in [0, 0.05) is 19.7 Å². The zero-order chi connectivity index (χ0) is 22.2. The lowest BCUT2D eigenvalue weighted by Gasteiger charge is -2.20. The average molecular weight is 419 g/mol. The van der Waals surface area contributed by atoms with Crippen molar-refractivity contribution in [1.29, 1.82) is 0 Å². The van der Waals surface area contributed by atoms with Crippen molar-refractivity contribution in [2.45, 2.75) is 39.3 Å². The molecule has 6 nitrogen and oxygen atoms in total. The lowest BCUT2D eigenvalue weighted by atomic mass is 10.2. The van der Waals surface area contributed by atoms with Gasteiger partial charge in [-0.3, -0.25) is 9.59 Å². The van der Waals surface area contributed by atoms with Crippen LogP contribution in [0.15, 0.2) is 60.7 Å². The highest BCUT2D eigenvalue weighted by Gasteiger charge is 2.20. The third kappa shape index (κ3) is 5.81. The Kier molecular flexibility index (Phi) is 7.60. The molecule has 0 saturated heterocycles. The lowest BCUT2D eigenvalue weighted by Crippen LogP contribution is -2.33. The maximum atomic E-state index is 12.8. The van der Waals surface area contributed by atoms with Crippen molar-refractivity contribution in [1.82, 2.24) is 19.8 Å². The molecule has 162 valence electrons. The van der Waals surface area contributed by atoms with Crippen molar-refractivity contribution in [2.75, 3.05) is 13.6 Å². The van der Waals surface area contributed by atoms with Crippen LogP contribution in [0.2, 0.25) is 0 Å². The third-order valence-corrected chi connectivity index (χ3v) is 5.22. The molecular weight excluding hydrogens is 388 g/mol. The monoisotopic (exact) mass is 418 g/mol. The average Bonchev–Trinajstić information content (AvgIpc) is 3.15. The Morgan fingerprint density at radius 1 is 1.13 bits per heavy atom. The maximum Gasteiger partial charge on any atom is 0.244 e. The number of carbonyl (C=O) groups is 2. The van der Waals surface area contributed by atoms with Gasteiger partial charge in [0.2, 0.25) is 11.8 Å².